The SMILES string of the molecule is C[C@]12CC[C@@H]3[C@@H](CCC4=CC(O)C(=O)C[C@@]43CO)[C@@H]1CCC2=O. The van der Waals surface area contributed by atoms with Crippen molar-refractivity contribution in [3.8, 4) is 0 Å². The van der Waals surface area contributed by atoms with Gasteiger partial charge >= 0.3 is 0 Å². The third-order valence-corrected chi connectivity index (χ3v) is 7.70. The molecule has 23 heavy (non-hydrogen) atoms. The average molecular weight is 318 g/mol. The number of carbonyl (C=O) groups excluding carboxylic acids is 2. The first-order valence-electron chi connectivity index (χ1n) is 8.98. The monoisotopic (exact) mass is 318 g/mol. The van der Waals surface area contributed by atoms with Crippen LogP contribution < -0.4 is 0 Å². The van der Waals surface area contributed by atoms with Crippen molar-refractivity contribution in [2.24, 2.45) is 28.6 Å². The molecule has 0 aliphatic heterocycles. The summed E-state index contributed by atoms with van der Waals surface area (Å²) in [6, 6.07) is 0. The first-order chi connectivity index (χ1) is 10.9. The Morgan fingerprint density at radius 1 is 1.17 bits per heavy atom. The van der Waals surface area contributed by atoms with Gasteiger partial charge in [-0.1, -0.05) is 12.5 Å². The summed E-state index contributed by atoms with van der Waals surface area (Å²) in [7, 11) is 0. The number of aliphatic hydroxyl groups is 2. The van der Waals surface area contributed by atoms with Gasteiger partial charge in [-0.2, -0.15) is 0 Å². The number of rotatable bonds is 1. The summed E-state index contributed by atoms with van der Waals surface area (Å²) in [4.78, 5) is 24.6. The fraction of sp³-hybridized carbons (Fsp3) is 0.789. The molecule has 1 unspecified atom stereocenters. The largest absolute Gasteiger partial charge is 0.395 e. The molecule has 4 heteroatoms. The fourth-order valence-corrected chi connectivity index (χ4v) is 6.42. The molecule has 0 bridgehead atoms. The molecular weight excluding hydrogens is 292 g/mol. The molecule has 126 valence electrons. The second-order valence-electron chi connectivity index (χ2n) is 8.43. The zero-order valence-electron chi connectivity index (χ0n) is 13.8. The summed E-state index contributed by atoms with van der Waals surface area (Å²) >= 11 is 0. The van der Waals surface area contributed by atoms with Crippen LogP contribution in [-0.4, -0.2) is 34.5 Å². The topological polar surface area (TPSA) is 74.6 Å². The number of hydrogen-bond donors (Lipinski definition) is 2. The molecule has 6 atom stereocenters. The van der Waals surface area contributed by atoms with E-state index in [0.717, 1.165) is 37.7 Å². The van der Waals surface area contributed by atoms with Crippen LogP contribution in [0.5, 0.6) is 0 Å². The lowest BCUT2D eigenvalue weighted by Crippen LogP contribution is -2.54. The minimum absolute atomic E-state index is 0.0180. The van der Waals surface area contributed by atoms with E-state index in [4.69, 9.17) is 0 Å². The highest BCUT2D eigenvalue weighted by Crippen LogP contribution is 2.64. The van der Waals surface area contributed by atoms with Gasteiger partial charge in [0.2, 0.25) is 0 Å². The number of ketones is 2. The quantitative estimate of drug-likeness (QED) is 0.726. The molecule has 0 aromatic heterocycles. The standard InChI is InChI=1S/C19H26O4/c1-18-7-6-14-12(13(18)4-5-17(18)23)3-2-11-8-15(21)16(22)9-19(11,14)10-20/h8,12-15,20-21H,2-7,9-10H2,1H3/t12-,13-,14+,15?,18-,19+/m0/s1. The Morgan fingerprint density at radius 3 is 2.70 bits per heavy atom. The summed E-state index contributed by atoms with van der Waals surface area (Å²) < 4.78 is 0. The van der Waals surface area contributed by atoms with Crippen LogP contribution >= 0.6 is 0 Å². The fourth-order valence-electron chi connectivity index (χ4n) is 6.42. The summed E-state index contributed by atoms with van der Waals surface area (Å²) in [6.07, 6.45) is 6.27. The van der Waals surface area contributed by atoms with Crippen molar-refractivity contribution >= 4 is 11.6 Å². The summed E-state index contributed by atoms with van der Waals surface area (Å²) in [5, 5.41) is 20.1. The van der Waals surface area contributed by atoms with Crippen LogP contribution in [0.4, 0.5) is 0 Å². The van der Waals surface area contributed by atoms with E-state index in [2.05, 4.69) is 6.92 Å². The van der Waals surface area contributed by atoms with Gasteiger partial charge in [0.15, 0.2) is 5.78 Å². The first-order valence-corrected chi connectivity index (χ1v) is 8.98. The van der Waals surface area contributed by atoms with Crippen molar-refractivity contribution in [1.29, 1.82) is 0 Å². The molecule has 0 heterocycles. The molecule has 4 rings (SSSR count). The molecule has 3 saturated carbocycles. The van der Waals surface area contributed by atoms with Gasteiger partial charge in [-0.25, -0.2) is 0 Å². The molecule has 0 saturated heterocycles. The zero-order valence-corrected chi connectivity index (χ0v) is 13.8. The van der Waals surface area contributed by atoms with E-state index < -0.39 is 11.5 Å². The number of Topliss-reactive ketones (excluding diaryl/α,β-unsaturated/α-hetero) is 2. The van der Waals surface area contributed by atoms with Crippen LogP contribution in [0.2, 0.25) is 0 Å². The van der Waals surface area contributed by atoms with Crippen LogP contribution in [0.25, 0.3) is 0 Å². The number of aliphatic hydroxyl groups excluding tert-OH is 2. The van der Waals surface area contributed by atoms with Gasteiger partial charge in [0.1, 0.15) is 11.9 Å². The van der Waals surface area contributed by atoms with E-state index in [0.29, 0.717) is 24.0 Å². The average Bonchev–Trinajstić information content (AvgIpc) is 2.84. The van der Waals surface area contributed by atoms with Crippen molar-refractivity contribution < 1.29 is 19.8 Å². The number of carbonyl (C=O) groups is 2. The molecule has 2 N–H and O–H groups in total. The Morgan fingerprint density at radius 2 is 1.96 bits per heavy atom. The lowest BCUT2D eigenvalue weighted by atomic mass is 9.47. The van der Waals surface area contributed by atoms with Crippen LogP contribution in [0.1, 0.15) is 51.9 Å². The minimum atomic E-state index is -0.997. The Kier molecular flexibility index (Phi) is 3.37. The summed E-state index contributed by atoms with van der Waals surface area (Å²) in [6.45, 7) is 2.12. The molecule has 4 aliphatic carbocycles. The zero-order chi connectivity index (χ0) is 16.4. The molecule has 0 radical (unpaired) electrons. The van der Waals surface area contributed by atoms with E-state index in [1.807, 2.05) is 0 Å². The van der Waals surface area contributed by atoms with E-state index in [-0.39, 0.29) is 30.1 Å². The smallest absolute Gasteiger partial charge is 0.166 e. The third kappa shape index (κ3) is 1.91. The van der Waals surface area contributed by atoms with Gasteiger partial charge in [-0.3, -0.25) is 9.59 Å². The molecule has 0 amide bonds. The van der Waals surface area contributed by atoms with Crippen LogP contribution in [0, 0.1) is 28.6 Å². The first kappa shape index (κ1) is 15.5. The van der Waals surface area contributed by atoms with Crippen molar-refractivity contribution in [3.05, 3.63) is 11.6 Å². The number of hydrogen-bond acceptors (Lipinski definition) is 4. The highest BCUT2D eigenvalue weighted by atomic mass is 16.3. The lowest BCUT2D eigenvalue weighted by molar-refractivity contribution is -0.140. The van der Waals surface area contributed by atoms with E-state index >= 15 is 0 Å². The molecule has 4 aliphatic rings. The van der Waals surface area contributed by atoms with Gasteiger partial charge in [0.25, 0.3) is 0 Å². The van der Waals surface area contributed by atoms with Gasteiger partial charge in [-0.15, -0.1) is 0 Å². The third-order valence-electron chi connectivity index (χ3n) is 7.70. The van der Waals surface area contributed by atoms with Crippen molar-refractivity contribution in [2.45, 2.75) is 58.0 Å². The molecule has 0 aromatic rings. The Bertz CT molecular complexity index is 594. The van der Waals surface area contributed by atoms with Gasteiger partial charge < -0.3 is 10.2 Å². The summed E-state index contributed by atoms with van der Waals surface area (Å²) in [5.74, 6) is 1.34. The normalized spacial score (nSPS) is 49.3. The van der Waals surface area contributed by atoms with Crippen LogP contribution in [-0.2, 0) is 9.59 Å². The second kappa shape index (κ2) is 5.00. The molecule has 0 spiro atoms. The Balaban J connectivity index is 1.74. The second-order valence-corrected chi connectivity index (χ2v) is 8.43. The van der Waals surface area contributed by atoms with Crippen LogP contribution in [0.3, 0.4) is 0 Å². The minimum Gasteiger partial charge on any atom is -0.395 e. The highest BCUT2D eigenvalue weighted by Gasteiger charge is 2.60. The molecular formula is C19H26O4. The van der Waals surface area contributed by atoms with Gasteiger partial charge in [0, 0.05) is 23.7 Å². The summed E-state index contributed by atoms with van der Waals surface area (Å²) in [5.41, 5.74) is 0.421. The van der Waals surface area contributed by atoms with Crippen LogP contribution in [0.15, 0.2) is 11.6 Å². The maximum atomic E-state index is 12.4. The van der Waals surface area contributed by atoms with Crippen molar-refractivity contribution in [2.75, 3.05) is 6.61 Å². The van der Waals surface area contributed by atoms with Gasteiger partial charge in [-0.05, 0) is 55.9 Å². The molecule has 4 nitrogen and oxygen atoms in total. The Labute approximate surface area is 137 Å². The van der Waals surface area contributed by atoms with Crippen molar-refractivity contribution in [3.63, 3.8) is 0 Å². The highest BCUT2D eigenvalue weighted by molar-refractivity contribution is 5.88. The van der Waals surface area contributed by atoms with E-state index in [9.17, 15) is 19.8 Å². The Hall–Kier alpha value is -1.00. The van der Waals surface area contributed by atoms with E-state index in [1.165, 1.54) is 0 Å². The predicted molar refractivity (Wildman–Crippen MR) is 84.5 cm³/mol. The maximum absolute atomic E-state index is 12.4. The van der Waals surface area contributed by atoms with Gasteiger partial charge in [0.05, 0.1) is 6.61 Å². The maximum Gasteiger partial charge on any atom is 0.166 e. The predicted octanol–water partition coefficient (Wildman–Crippen LogP) is 2.03. The molecule has 3 fully saturated rings. The lowest BCUT2D eigenvalue weighted by Gasteiger charge is -2.57. The number of fused-ring (bicyclic) bond motifs is 5. The molecule has 0 aromatic carbocycles. The van der Waals surface area contributed by atoms with E-state index in [1.54, 1.807) is 6.08 Å². The van der Waals surface area contributed by atoms with Crippen molar-refractivity contribution in [1.82, 2.24) is 0 Å².